The molecular formula is C14H20N4O. The molecule has 0 aliphatic carbocycles. The second kappa shape index (κ2) is 5.22. The van der Waals surface area contributed by atoms with Gasteiger partial charge in [0.25, 0.3) is 0 Å². The molecule has 0 atom stereocenters. The molecule has 1 aromatic heterocycles. The number of anilines is 3. The van der Waals surface area contributed by atoms with E-state index >= 15 is 0 Å². The van der Waals surface area contributed by atoms with Gasteiger partial charge in [-0.1, -0.05) is 12.1 Å². The van der Waals surface area contributed by atoms with Crippen LogP contribution in [0.3, 0.4) is 0 Å². The first-order chi connectivity index (χ1) is 9.10. The van der Waals surface area contributed by atoms with Crippen molar-refractivity contribution in [3.63, 3.8) is 0 Å². The molecule has 0 saturated carbocycles. The minimum Gasteiger partial charge on any atom is -0.495 e. The molecule has 0 saturated heterocycles. The van der Waals surface area contributed by atoms with E-state index in [4.69, 9.17) is 10.5 Å². The van der Waals surface area contributed by atoms with Crippen LogP contribution in [0.4, 0.5) is 17.2 Å². The van der Waals surface area contributed by atoms with E-state index in [0.717, 1.165) is 29.5 Å². The maximum atomic E-state index is 6.14. The Kier molecular flexibility index (Phi) is 3.64. The van der Waals surface area contributed by atoms with Crippen LogP contribution in [-0.4, -0.2) is 23.9 Å². The Morgan fingerprint density at radius 3 is 2.68 bits per heavy atom. The lowest BCUT2D eigenvalue weighted by Crippen LogP contribution is -2.17. The first-order valence-electron chi connectivity index (χ1n) is 6.29. The number of methoxy groups -OCH3 is 1. The summed E-state index contributed by atoms with van der Waals surface area (Å²) in [5.41, 5.74) is 8.66. The zero-order valence-corrected chi connectivity index (χ0v) is 11.8. The summed E-state index contributed by atoms with van der Waals surface area (Å²) in [7, 11) is 3.63. The molecule has 1 heterocycles. The van der Waals surface area contributed by atoms with Gasteiger partial charge in [-0.3, -0.25) is 0 Å². The van der Waals surface area contributed by atoms with E-state index in [1.807, 2.05) is 54.7 Å². The lowest BCUT2D eigenvalue weighted by Gasteiger charge is -2.22. The highest BCUT2D eigenvalue weighted by Gasteiger charge is 2.18. The molecule has 2 aromatic rings. The second-order valence-electron chi connectivity index (χ2n) is 4.37. The number of ether oxygens (including phenoxy) is 1. The van der Waals surface area contributed by atoms with Crippen LogP contribution < -0.4 is 15.4 Å². The summed E-state index contributed by atoms with van der Waals surface area (Å²) in [6.07, 6.45) is 0. The average molecular weight is 260 g/mol. The molecule has 19 heavy (non-hydrogen) atoms. The van der Waals surface area contributed by atoms with Gasteiger partial charge in [-0.05, 0) is 26.0 Å². The minimum atomic E-state index is 0.704. The largest absolute Gasteiger partial charge is 0.495 e. The van der Waals surface area contributed by atoms with E-state index in [2.05, 4.69) is 5.10 Å². The number of hydrogen-bond acceptors (Lipinski definition) is 4. The van der Waals surface area contributed by atoms with Gasteiger partial charge in [0.2, 0.25) is 0 Å². The number of nitrogen functional groups attached to an aromatic ring is 1. The number of rotatable bonds is 4. The van der Waals surface area contributed by atoms with E-state index in [9.17, 15) is 0 Å². The predicted octanol–water partition coefficient (Wildman–Crippen LogP) is 2.57. The summed E-state index contributed by atoms with van der Waals surface area (Å²) in [5.74, 6) is 1.70. The van der Waals surface area contributed by atoms with Crippen molar-refractivity contribution in [2.45, 2.75) is 20.4 Å². The van der Waals surface area contributed by atoms with Crippen LogP contribution in [0.25, 0.3) is 0 Å². The molecule has 0 radical (unpaired) electrons. The molecule has 0 unspecified atom stereocenters. The van der Waals surface area contributed by atoms with Crippen LogP contribution in [0.5, 0.6) is 5.75 Å². The van der Waals surface area contributed by atoms with Crippen molar-refractivity contribution in [1.29, 1.82) is 0 Å². The number of benzene rings is 1. The van der Waals surface area contributed by atoms with Crippen LogP contribution >= 0.6 is 0 Å². The molecule has 5 heteroatoms. The molecule has 0 fully saturated rings. The third-order valence-electron chi connectivity index (χ3n) is 3.21. The van der Waals surface area contributed by atoms with Crippen molar-refractivity contribution in [2.75, 3.05) is 24.8 Å². The van der Waals surface area contributed by atoms with Gasteiger partial charge in [0, 0.05) is 13.6 Å². The molecule has 0 spiro atoms. The number of nitrogens with two attached hydrogens (primary N) is 1. The third kappa shape index (κ3) is 2.23. The van der Waals surface area contributed by atoms with E-state index in [1.54, 1.807) is 7.11 Å². The summed E-state index contributed by atoms with van der Waals surface area (Å²) in [6.45, 7) is 4.74. The molecule has 1 aromatic carbocycles. The van der Waals surface area contributed by atoms with E-state index < -0.39 is 0 Å². The SMILES string of the molecule is CCn1nc(C)c(N)c1N(C)c1ccccc1OC. The van der Waals surface area contributed by atoms with E-state index in [0.29, 0.717) is 5.69 Å². The van der Waals surface area contributed by atoms with Gasteiger partial charge in [0.1, 0.15) is 5.75 Å². The quantitative estimate of drug-likeness (QED) is 0.918. The van der Waals surface area contributed by atoms with Crippen molar-refractivity contribution >= 4 is 17.2 Å². The Balaban J connectivity index is 2.52. The van der Waals surface area contributed by atoms with Crippen molar-refractivity contribution in [2.24, 2.45) is 0 Å². The lowest BCUT2D eigenvalue weighted by molar-refractivity contribution is 0.415. The number of aromatic nitrogens is 2. The summed E-state index contributed by atoms with van der Waals surface area (Å²) < 4.78 is 7.30. The first kappa shape index (κ1) is 13.3. The van der Waals surface area contributed by atoms with Gasteiger partial charge in [0.05, 0.1) is 24.2 Å². The van der Waals surface area contributed by atoms with E-state index in [-0.39, 0.29) is 0 Å². The van der Waals surface area contributed by atoms with Gasteiger partial charge >= 0.3 is 0 Å². The highest BCUT2D eigenvalue weighted by atomic mass is 16.5. The highest BCUT2D eigenvalue weighted by Crippen LogP contribution is 2.36. The molecule has 0 amide bonds. The zero-order chi connectivity index (χ0) is 14.0. The van der Waals surface area contributed by atoms with Crippen LogP contribution in [0.1, 0.15) is 12.6 Å². The zero-order valence-electron chi connectivity index (χ0n) is 11.8. The second-order valence-corrected chi connectivity index (χ2v) is 4.37. The maximum Gasteiger partial charge on any atom is 0.155 e. The van der Waals surface area contributed by atoms with Gasteiger partial charge in [-0.15, -0.1) is 0 Å². The maximum absolute atomic E-state index is 6.14. The molecule has 0 bridgehead atoms. The molecule has 0 aliphatic heterocycles. The Hall–Kier alpha value is -2.17. The monoisotopic (exact) mass is 260 g/mol. The van der Waals surface area contributed by atoms with Crippen LogP contribution in [0, 0.1) is 6.92 Å². The molecule has 5 nitrogen and oxygen atoms in total. The standard InChI is InChI=1S/C14H20N4O/c1-5-18-14(13(15)10(2)16-18)17(3)11-8-6-7-9-12(11)19-4/h6-9H,5,15H2,1-4H3. The first-order valence-corrected chi connectivity index (χ1v) is 6.29. The van der Waals surface area contributed by atoms with Crippen molar-refractivity contribution < 1.29 is 4.74 Å². The molecule has 2 rings (SSSR count). The van der Waals surface area contributed by atoms with Crippen LogP contribution in [-0.2, 0) is 6.54 Å². The van der Waals surface area contributed by atoms with Gasteiger partial charge < -0.3 is 15.4 Å². The number of nitrogens with zero attached hydrogens (tertiary/aromatic N) is 3. The fourth-order valence-electron chi connectivity index (χ4n) is 2.18. The summed E-state index contributed by atoms with van der Waals surface area (Å²) in [5, 5.41) is 4.44. The predicted molar refractivity (Wildman–Crippen MR) is 78.1 cm³/mol. The Morgan fingerprint density at radius 1 is 1.37 bits per heavy atom. The average Bonchev–Trinajstić information content (AvgIpc) is 2.73. The van der Waals surface area contributed by atoms with Gasteiger partial charge in [-0.25, -0.2) is 4.68 Å². The molecule has 2 N–H and O–H groups in total. The number of hydrogen-bond donors (Lipinski definition) is 1. The third-order valence-corrected chi connectivity index (χ3v) is 3.21. The summed E-state index contributed by atoms with van der Waals surface area (Å²) >= 11 is 0. The Bertz CT molecular complexity index is 577. The van der Waals surface area contributed by atoms with Crippen LogP contribution in [0.2, 0.25) is 0 Å². The smallest absolute Gasteiger partial charge is 0.155 e. The normalized spacial score (nSPS) is 10.5. The molecular weight excluding hydrogens is 240 g/mol. The highest BCUT2D eigenvalue weighted by molar-refractivity contribution is 5.75. The number of para-hydroxylation sites is 2. The van der Waals surface area contributed by atoms with Crippen molar-refractivity contribution in [1.82, 2.24) is 9.78 Å². The minimum absolute atomic E-state index is 0.704. The lowest BCUT2D eigenvalue weighted by atomic mass is 10.2. The van der Waals surface area contributed by atoms with Gasteiger partial charge in [0.15, 0.2) is 5.82 Å². The van der Waals surface area contributed by atoms with Gasteiger partial charge in [-0.2, -0.15) is 5.10 Å². The fraction of sp³-hybridized carbons (Fsp3) is 0.357. The topological polar surface area (TPSA) is 56.3 Å². The van der Waals surface area contributed by atoms with Crippen LogP contribution in [0.15, 0.2) is 24.3 Å². The van der Waals surface area contributed by atoms with Crippen molar-refractivity contribution in [3.05, 3.63) is 30.0 Å². The van der Waals surface area contributed by atoms with Crippen molar-refractivity contribution in [3.8, 4) is 5.75 Å². The number of aryl methyl sites for hydroxylation is 2. The Labute approximate surface area is 113 Å². The Morgan fingerprint density at radius 2 is 2.05 bits per heavy atom. The molecule has 0 aliphatic rings. The van der Waals surface area contributed by atoms with E-state index in [1.165, 1.54) is 0 Å². The summed E-state index contributed by atoms with van der Waals surface area (Å²) in [4.78, 5) is 2.01. The fourth-order valence-corrected chi connectivity index (χ4v) is 2.18. The summed E-state index contributed by atoms with van der Waals surface area (Å²) in [6, 6.07) is 7.86. The molecule has 102 valence electrons.